The van der Waals surface area contributed by atoms with Gasteiger partial charge in [0.25, 0.3) is 0 Å². The summed E-state index contributed by atoms with van der Waals surface area (Å²) >= 11 is 0. The average molecular weight is 304 g/mol. The molecule has 7 heteroatoms. The standard InChI is InChI=1S/C14H16N4O2S/c1-18(11-13-9-16-17-10-13)21(19,20)14-6-2-4-12(8-14)5-3-7-15/h2,4,6,8-10H,7,11,15H2,1H3,(H,16,17). The van der Waals surface area contributed by atoms with Crippen molar-refractivity contribution in [3.8, 4) is 11.8 Å². The molecule has 0 spiro atoms. The Kier molecular flexibility index (Phi) is 4.75. The molecular formula is C14H16N4O2S. The number of rotatable bonds is 4. The van der Waals surface area contributed by atoms with Gasteiger partial charge in [0.1, 0.15) is 0 Å². The summed E-state index contributed by atoms with van der Waals surface area (Å²) < 4.78 is 26.3. The Balaban J connectivity index is 2.26. The van der Waals surface area contributed by atoms with Crippen LogP contribution in [0.5, 0.6) is 0 Å². The van der Waals surface area contributed by atoms with Gasteiger partial charge < -0.3 is 5.73 Å². The van der Waals surface area contributed by atoms with E-state index < -0.39 is 10.0 Å². The summed E-state index contributed by atoms with van der Waals surface area (Å²) in [5.74, 6) is 5.53. The first-order valence-corrected chi connectivity index (χ1v) is 7.71. The van der Waals surface area contributed by atoms with Crippen molar-refractivity contribution in [1.29, 1.82) is 0 Å². The predicted molar refractivity (Wildman–Crippen MR) is 79.6 cm³/mol. The molecule has 0 aliphatic carbocycles. The fourth-order valence-corrected chi connectivity index (χ4v) is 2.98. The lowest BCUT2D eigenvalue weighted by Gasteiger charge is -2.16. The molecular weight excluding hydrogens is 288 g/mol. The number of H-pyrrole nitrogens is 1. The molecule has 1 aromatic heterocycles. The van der Waals surface area contributed by atoms with Gasteiger partial charge in [-0.05, 0) is 18.2 Å². The van der Waals surface area contributed by atoms with Crippen molar-refractivity contribution in [3.63, 3.8) is 0 Å². The van der Waals surface area contributed by atoms with Crippen molar-refractivity contribution in [2.24, 2.45) is 5.73 Å². The summed E-state index contributed by atoms with van der Waals surface area (Å²) in [4.78, 5) is 0.206. The molecule has 3 N–H and O–H groups in total. The van der Waals surface area contributed by atoms with Crippen molar-refractivity contribution in [3.05, 3.63) is 47.8 Å². The minimum Gasteiger partial charge on any atom is -0.320 e. The Morgan fingerprint density at radius 3 is 2.90 bits per heavy atom. The quantitative estimate of drug-likeness (QED) is 0.806. The number of sulfonamides is 1. The molecule has 0 fully saturated rings. The van der Waals surface area contributed by atoms with Gasteiger partial charge in [0.05, 0.1) is 17.6 Å². The van der Waals surface area contributed by atoms with Crippen LogP contribution in [0.15, 0.2) is 41.6 Å². The van der Waals surface area contributed by atoms with Gasteiger partial charge in [-0.1, -0.05) is 17.9 Å². The maximum absolute atomic E-state index is 12.5. The van der Waals surface area contributed by atoms with Gasteiger partial charge in [-0.15, -0.1) is 0 Å². The molecule has 0 radical (unpaired) electrons. The highest BCUT2D eigenvalue weighted by Gasteiger charge is 2.21. The minimum absolute atomic E-state index is 0.206. The van der Waals surface area contributed by atoms with Crippen LogP contribution in [0.3, 0.4) is 0 Å². The van der Waals surface area contributed by atoms with Gasteiger partial charge in [-0.2, -0.15) is 9.40 Å². The predicted octanol–water partition coefficient (Wildman–Crippen LogP) is 0.541. The first-order chi connectivity index (χ1) is 10.0. The van der Waals surface area contributed by atoms with Crippen molar-refractivity contribution in [2.75, 3.05) is 13.6 Å². The lowest BCUT2D eigenvalue weighted by molar-refractivity contribution is 0.467. The fourth-order valence-electron chi connectivity index (χ4n) is 1.77. The van der Waals surface area contributed by atoms with E-state index in [9.17, 15) is 8.42 Å². The molecule has 0 atom stereocenters. The molecule has 110 valence electrons. The molecule has 0 unspecified atom stereocenters. The molecule has 1 heterocycles. The van der Waals surface area contributed by atoms with Crippen LogP contribution < -0.4 is 5.73 Å². The first-order valence-electron chi connectivity index (χ1n) is 6.27. The zero-order valence-corrected chi connectivity index (χ0v) is 12.4. The largest absolute Gasteiger partial charge is 0.320 e. The van der Waals surface area contributed by atoms with E-state index in [0.29, 0.717) is 5.56 Å². The Morgan fingerprint density at radius 1 is 1.43 bits per heavy atom. The monoisotopic (exact) mass is 304 g/mol. The van der Waals surface area contributed by atoms with Crippen LogP contribution in [0.2, 0.25) is 0 Å². The summed E-state index contributed by atoms with van der Waals surface area (Å²) in [6.45, 7) is 0.481. The van der Waals surface area contributed by atoms with Crippen molar-refractivity contribution in [2.45, 2.75) is 11.4 Å². The third-order valence-corrected chi connectivity index (χ3v) is 4.64. The van der Waals surface area contributed by atoms with E-state index in [4.69, 9.17) is 5.73 Å². The zero-order chi connectivity index (χ0) is 15.3. The van der Waals surface area contributed by atoms with Crippen LogP contribution >= 0.6 is 0 Å². The third-order valence-electron chi connectivity index (χ3n) is 2.84. The molecule has 0 amide bonds. The summed E-state index contributed by atoms with van der Waals surface area (Å²) in [5.41, 5.74) is 6.73. The Bertz CT molecular complexity index is 758. The van der Waals surface area contributed by atoms with E-state index in [1.54, 1.807) is 36.7 Å². The smallest absolute Gasteiger partial charge is 0.243 e. The second kappa shape index (κ2) is 6.54. The van der Waals surface area contributed by atoms with E-state index >= 15 is 0 Å². The SMILES string of the molecule is CN(Cc1cn[nH]c1)S(=O)(=O)c1cccc(C#CCN)c1. The Morgan fingerprint density at radius 2 is 2.24 bits per heavy atom. The van der Waals surface area contributed by atoms with E-state index in [2.05, 4.69) is 22.0 Å². The summed E-state index contributed by atoms with van der Waals surface area (Å²) in [7, 11) is -2.04. The molecule has 6 nitrogen and oxygen atoms in total. The van der Waals surface area contributed by atoms with Crippen molar-refractivity contribution in [1.82, 2.24) is 14.5 Å². The van der Waals surface area contributed by atoms with Crippen LogP contribution in [-0.4, -0.2) is 36.5 Å². The van der Waals surface area contributed by atoms with E-state index in [1.165, 1.54) is 11.4 Å². The van der Waals surface area contributed by atoms with Crippen LogP contribution in [0.25, 0.3) is 0 Å². The van der Waals surface area contributed by atoms with Gasteiger partial charge in [-0.3, -0.25) is 5.10 Å². The summed E-state index contributed by atoms with van der Waals surface area (Å²) in [6.07, 6.45) is 3.25. The van der Waals surface area contributed by atoms with Gasteiger partial charge in [-0.25, -0.2) is 8.42 Å². The zero-order valence-electron chi connectivity index (χ0n) is 11.6. The molecule has 0 aliphatic rings. The number of aromatic nitrogens is 2. The number of nitrogens with two attached hydrogens (primary N) is 1. The van der Waals surface area contributed by atoms with Crippen LogP contribution in [-0.2, 0) is 16.6 Å². The Labute approximate surface area is 124 Å². The van der Waals surface area contributed by atoms with Crippen LogP contribution in [0, 0.1) is 11.8 Å². The topological polar surface area (TPSA) is 92.1 Å². The molecule has 1 aromatic carbocycles. The molecule has 0 saturated carbocycles. The number of benzene rings is 1. The highest BCUT2D eigenvalue weighted by atomic mass is 32.2. The number of aromatic amines is 1. The lowest BCUT2D eigenvalue weighted by Crippen LogP contribution is -2.26. The minimum atomic E-state index is -3.57. The molecule has 2 aromatic rings. The summed E-state index contributed by atoms with van der Waals surface area (Å²) in [5, 5.41) is 6.46. The molecule has 2 rings (SSSR count). The molecule has 0 bridgehead atoms. The molecule has 21 heavy (non-hydrogen) atoms. The van der Waals surface area contributed by atoms with Crippen molar-refractivity contribution >= 4 is 10.0 Å². The number of hydrogen-bond donors (Lipinski definition) is 2. The Hall–Kier alpha value is -2.14. The third kappa shape index (κ3) is 3.70. The van der Waals surface area contributed by atoms with Crippen LogP contribution in [0.4, 0.5) is 0 Å². The van der Waals surface area contributed by atoms with Gasteiger partial charge in [0.2, 0.25) is 10.0 Å². The van der Waals surface area contributed by atoms with Crippen LogP contribution in [0.1, 0.15) is 11.1 Å². The lowest BCUT2D eigenvalue weighted by atomic mass is 10.2. The first kappa shape index (κ1) is 15.3. The fraction of sp³-hybridized carbons (Fsp3) is 0.214. The van der Waals surface area contributed by atoms with Crippen molar-refractivity contribution < 1.29 is 8.42 Å². The normalized spacial score (nSPS) is 11.2. The second-order valence-corrected chi connectivity index (χ2v) is 6.45. The van der Waals surface area contributed by atoms with Gasteiger partial charge >= 0.3 is 0 Å². The average Bonchev–Trinajstić information content (AvgIpc) is 2.98. The molecule has 0 aliphatic heterocycles. The highest BCUT2D eigenvalue weighted by Crippen LogP contribution is 2.17. The molecule has 0 saturated heterocycles. The number of hydrogen-bond acceptors (Lipinski definition) is 4. The highest BCUT2D eigenvalue weighted by molar-refractivity contribution is 7.89. The van der Waals surface area contributed by atoms with E-state index in [0.717, 1.165) is 5.56 Å². The van der Waals surface area contributed by atoms with Gasteiger partial charge in [0.15, 0.2) is 0 Å². The number of nitrogens with zero attached hydrogens (tertiary/aromatic N) is 2. The second-order valence-electron chi connectivity index (χ2n) is 4.40. The summed E-state index contributed by atoms with van der Waals surface area (Å²) in [6, 6.07) is 6.51. The maximum atomic E-state index is 12.5. The van der Waals surface area contributed by atoms with E-state index in [1.807, 2.05) is 0 Å². The van der Waals surface area contributed by atoms with Gasteiger partial charge in [0, 0.05) is 30.9 Å². The maximum Gasteiger partial charge on any atom is 0.243 e. The van der Waals surface area contributed by atoms with E-state index in [-0.39, 0.29) is 18.0 Å². The number of nitrogens with one attached hydrogen (secondary N) is 1.